The number of anilines is 2. The summed E-state index contributed by atoms with van der Waals surface area (Å²) in [4.78, 5) is 40.0. The van der Waals surface area contributed by atoms with E-state index in [1.165, 1.54) is 6.33 Å². The Morgan fingerprint density at radius 2 is 1.92 bits per heavy atom. The summed E-state index contributed by atoms with van der Waals surface area (Å²) < 4.78 is 0. The second kappa shape index (κ2) is 8.99. The van der Waals surface area contributed by atoms with Crippen LogP contribution in [0.2, 0.25) is 0 Å². The third kappa shape index (κ3) is 3.85. The van der Waals surface area contributed by atoms with E-state index >= 15 is 0 Å². The van der Waals surface area contributed by atoms with Gasteiger partial charge in [0.05, 0.1) is 12.4 Å². The number of nitrogen functional groups attached to an aromatic ring is 2. The molecule has 2 aromatic rings. The number of aromatic nitrogens is 4. The third-order valence-electron chi connectivity index (χ3n) is 10.4. The number of fused-ring (bicyclic) bond motifs is 6. The van der Waals surface area contributed by atoms with Crippen molar-refractivity contribution in [3.05, 3.63) is 6.33 Å². The molecule has 202 valence electrons. The van der Waals surface area contributed by atoms with E-state index in [-0.39, 0.29) is 47.4 Å². The van der Waals surface area contributed by atoms with Gasteiger partial charge in [0.1, 0.15) is 23.5 Å². The number of aliphatic hydroxyl groups excluding tert-OH is 2. The van der Waals surface area contributed by atoms with Crippen LogP contribution in [0.4, 0.5) is 11.8 Å². The minimum Gasteiger partial charge on any atom is -0.393 e. The van der Waals surface area contributed by atoms with Gasteiger partial charge in [-0.05, 0) is 68.1 Å². The Morgan fingerprint density at radius 3 is 2.65 bits per heavy atom. The van der Waals surface area contributed by atoms with Crippen molar-refractivity contribution in [2.24, 2.45) is 34.5 Å². The zero-order chi connectivity index (χ0) is 26.8. The number of aliphatic hydroxyl groups is 3. The molecule has 37 heavy (non-hydrogen) atoms. The molecule has 4 saturated carbocycles. The molecule has 4 aliphatic carbocycles. The number of hydrogen-bond acceptors (Lipinski definition) is 10. The van der Waals surface area contributed by atoms with E-state index in [0.717, 1.165) is 38.5 Å². The molecule has 11 heteroatoms. The number of aromatic amines is 1. The molecular weight excluding hydrogens is 476 g/mol. The van der Waals surface area contributed by atoms with Gasteiger partial charge in [-0.15, -0.1) is 0 Å². The molecule has 8 N–H and O–H groups in total. The first kappa shape index (κ1) is 26.0. The van der Waals surface area contributed by atoms with Crippen LogP contribution in [0.15, 0.2) is 6.33 Å². The lowest BCUT2D eigenvalue weighted by Gasteiger charge is -2.60. The van der Waals surface area contributed by atoms with Crippen LogP contribution in [0.3, 0.4) is 0 Å². The zero-order valence-electron chi connectivity index (χ0n) is 21.5. The van der Waals surface area contributed by atoms with E-state index in [4.69, 9.17) is 11.5 Å². The zero-order valence-corrected chi connectivity index (χ0v) is 21.5. The minimum atomic E-state index is -1.58. The number of imidazole rings is 1. The molecule has 8 atom stereocenters. The molecule has 0 saturated heterocycles. The molecule has 0 radical (unpaired) electrons. The van der Waals surface area contributed by atoms with Crippen LogP contribution < -0.4 is 11.5 Å². The van der Waals surface area contributed by atoms with Gasteiger partial charge in [-0.2, -0.15) is 9.97 Å². The first-order valence-corrected chi connectivity index (χ1v) is 13.2. The first-order valence-electron chi connectivity index (χ1n) is 13.2. The van der Waals surface area contributed by atoms with E-state index in [0.29, 0.717) is 29.3 Å². The molecule has 0 aromatic carbocycles. The molecule has 11 nitrogen and oxygen atoms in total. The van der Waals surface area contributed by atoms with E-state index in [1.807, 2.05) is 6.92 Å². The topological polar surface area (TPSA) is 201 Å². The van der Waals surface area contributed by atoms with Crippen molar-refractivity contribution in [2.45, 2.75) is 76.9 Å². The Morgan fingerprint density at radius 1 is 1.16 bits per heavy atom. The maximum Gasteiger partial charge on any atom is 0.224 e. The summed E-state index contributed by atoms with van der Waals surface area (Å²) in [5.74, 6) is 0.831. The first-order chi connectivity index (χ1) is 17.4. The SMILES string of the molecule is C[C@]12CC[C@@H](O)C[C@H]1CC[C@@H]1[C@@H]2C(=O)C[C@@]2(C)[C@H]1CC[C@]2(O)C(=O)CO.Nc1nc(N)c2nc[nH]c2n1. The number of nitrogens with one attached hydrogen (secondary N) is 1. The van der Waals surface area contributed by atoms with Gasteiger partial charge in [-0.1, -0.05) is 13.8 Å². The smallest absolute Gasteiger partial charge is 0.224 e. The van der Waals surface area contributed by atoms with Gasteiger partial charge in [0.25, 0.3) is 0 Å². The Kier molecular flexibility index (Phi) is 6.32. The summed E-state index contributed by atoms with van der Waals surface area (Å²) in [6, 6.07) is 0. The highest BCUT2D eigenvalue weighted by Gasteiger charge is 2.68. The molecule has 2 heterocycles. The van der Waals surface area contributed by atoms with Crippen molar-refractivity contribution in [2.75, 3.05) is 18.1 Å². The predicted octanol–water partition coefficient (Wildman–Crippen LogP) is 1.38. The normalized spacial score (nSPS) is 40.8. The van der Waals surface area contributed by atoms with Crippen molar-refractivity contribution in [3.8, 4) is 0 Å². The number of nitrogens with two attached hydrogens (primary N) is 2. The maximum absolute atomic E-state index is 13.4. The minimum absolute atomic E-state index is 0.0154. The van der Waals surface area contributed by atoms with Gasteiger partial charge in [0.15, 0.2) is 17.2 Å². The largest absolute Gasteiger partial charge is 0.393 e. The van der Waals surface area contributed by atoms with Crippen LogP contribution in [0.5, 0.6) is 0 Å². The molecule has 0 unspecified atom stereocenters. The van der Waals surface area contributed by atoms with E-state index < -0.39 is 23.4 Å². The average molecular weight is 515 g/mol. The molecule has 4 aliphatic rings. The summed E-state index contributed by atoms with van der Waals surface area (Å²) >= 11 is 0. The van der Waals surface area contributed by atoms with Crippen LogP contribution >= 0.6 is 0 Å². The Hall–Kier alpha value is -2.63. The summed E-state index contributed by atoms with van der Waals surface area (Å²) in [7, 11) is 0. The van der Waals surface area contributed by atoms with Crippen LogP contribution in [-0.4, -0.2) is 65.1 Å². The second-order valence-corrected chi connectivity index (χ2v) is 12.1. The molecule has 6 rings (SSSR count). The highest BCUT2D eigenvalue weighted by Crippen LogP contribution is 2.67. The quantitative estimate of drug-likeness (QED) is 0.340. The van der Waals surface area contributed by atoms with E-state index in [1.54, 1.807) is 0 Å². The third-order valence-corrected chi connectivity index (χ3v) is 10.4. The number of rotatable bonds is 2. The van der Waals surface area contributed by atoms with Crippen molar-refractivity contribution in [1.29, 1.82) is 0 Å². The van der Waals surface area contributed by atoms with Gasteiger partial charge < -0.3 is 31.8 Å². The van der Waals surface area contributed by atoms with Crippen LogP contribution in [-0.2, 0) is 9.59 Å². The van der Waals surface area contributed by atoms with Crippen molar-refractivity contribution in [3.63, 3.8) is 0 Å². The van der Waals surface area contributed by atoms with Crippen LogP contribution in [0, 0.1) is 34.5 Å². The van der Waals surface area contributed by atoms with Gasteiger partial charge >= 0.3 is 0 Å². The van der Waals surface area contributed by atoms with Crippen LogP contribution in [0.1, 0.15) is 65.2 Å². The number of nitrogens with zero attached hydrogens (tertiary/aromatic N) is 3. The second-order valence-electron chi connectivity index (χ2n) is 12.1. The number of Topliss-reactive ketones (excluding diaryl/α,β-unsaturated/α-hetero) is 2. The molecular formula is C26H38N6O5. The summed E-state index contributed by atoms with van der Waals surface area (Å²) in [6.07, 6.45) is 6.97. The predicted molar refractivity (Wildman–Crippen MR) is 136 cm³/mol. The monoisotopic (exact) mass is 514 g/mol. The Balaban J connectivity index is 0.000000212. The fraction of sp³-hybridized carbons (Fsp3) is 0.731. The average Bonchev–Trinajstić information content (AvgIpc) is 3.42. The maximum atomic E-state index is 13.4. The molecule has 0 aliphatic heterocycles. The molecule has 2 aromatic heterocycles. The van der Waals surface area contributed by atoms with Crippen molar-refractivity contribution < 1.29 is 24.9 Å². The van der Waals surface area contributed by atoms with Gasteiger partial charge in [-0.25, -0.2) is 4.98 Å². The lowest BCUT2D eigenvalue weighted by Crippen LogP contribution is -2.62. The highest BCUT2D eigenvalue weighted by atomic mass is 16.3. The van der Waals surface area contributed by atoms with Crippen molar-refractivity contribution in [1.82, 2.24) is 19.9 Å². The number of hydrogen-bond donors (Lipinski definition) is 6. The molecule has 4 fully saturated rings. The van der Waals surface area contributed by atoms with E-state index in [9.17, 15) is 24.9 Å². The summed E-state index contributed by atoms with van der Waals surface area (Å²) in [5.41, 5.74) is 9.54. The number of H-pyrrole nitrogens is 1. The summed E-state index contributed by atoms with van der Waals surface area (Å²) in [5, 5.41) is 30.6. The number of carbonyl (C=O) groups is 2. The Labute approximate surface area is 215 Å². The van der Waals surface area contributed by atoms with Gasteiger partial charge in [-0.3, -0.25) is 9.59 Å². The fourth-order valence-corrected chi connectivity index (χ4v) is 8.52. The lowest BCUT2D eigenvalue weighted by molar-refractivity contribution is -0.180. The standard InChI is InChI=1S/C21H32O5.C5H6N6/c1-19-7-5-13(23)9-12(19)3-4-14-15-6-8-21(26,17(25)11-22)20(15,2)10-16(24)18(14)19;6-3-2-4(9-1-8-2)11-5(7)10-3/h12-15,18,22-23,26H,3-11H2,1-2H3;1H,(H5,6,7,8,9,10,11)/t12-,13-,14+,15+,18-,19+,20+,21+;/m1./s1. The number of carbonyl (C=O) groups excluding carboxylic acids is 2. The molecule has 0 bridgehead atoms. The van der Waals surface area contributed by atoms with E-state index in [2.05, 4.69) is 26.9 Å². The van der Waals surface area contributed by atoms with Gasteiger partial charge in [0, 0.05) is 17.8 Å². The van der Waals surface area contributed by atoms with Crippen molar-refractivity contribution >= 4 is 34.5 Å². The van der Waals surface area contributed by atoms with Crippen LogP contribution in [0.25, 0.3) is 11.2 Å². The summed E-state index contributed by atoms with van der Waals surface area (Å²) in [6.45, 7) is 3.46. The fourth-order valence-electron chi connectivity index (χ4n) is 8.52. The Bertz CT molecular complexity index is 1220. The number of ketones is 2. The molecule has 0 spiro atoms. The lowest BCUT2D eigenvalue weighted by atomic mass is 9.44. The highest BCUT2D eigenvalue weighted by molar-refractivity contribution is 5.92. The van der Waals surface area contributed by atoms with Gasteiger partial charge in [0.2, 0.25) is 5.95 Å². The molecule has 0 amide bonds.